The molecule has 0 saturated carbocycles. The number of carbonyl (C=O) groups is 1. The fraction of sp³-hybridized carbons (Fsp3) is 0.111. The van der Waals surface area contributed by atoms with Crippen molar-refractivity contribution in [3.8, 4) is 11.3 Å². The molecule has 27 heavy (non-hydrogen) atoms. The molecule has 0 atom stereocenters. The number of aryl methyl sites for hydroxylation is 2. The number of H-pyrrole nitrogens is 1. The molecular weight excluding hydrogens is 412 g/mol. The molecule has 0 aliphatic heterocycles. The summed E-state index contributed by atoms with van der Waals surface area (Å²) in [6.45, 7) is 0. The summed E-state index contributed by atoms with van der Waals surface area (Å²) in [4.78, 5) is 28.9. The van der Waals surface area contributed by atoms with Crippen molar-refractivity contribution in [1.29, 1.82) is 0 Å². The maximum absolute atomic E-state index is 12.7. The average molecular weight is 427 g/mol. The maximum Gasteiger partial charge on any atom is 0.328 e. The Balaban J connectivity index is 1.66. The van der Waals surface area contributed by atoms with Crippen molar-refractivity contribution in [3.05, 3.63) is 63.2 Å². The van der Waals surface area contributed by atoms with Gasteiger partial charge in [0, 0.05) is 42.6 Å². The lowest BCUT2D eigenvalue weighted by Gasteiger charge is -2.06. The smallest absolute Gasteiger partial charge is 0.305 e. The van der Waals surface area contributed by atoms with Gasteiger partial charge in [-0.15, -0.1) is 0 Å². The number of imidazole rings is 1. The molecule has 136 valence electrons. The molecule has 4 aromatic rings. The van der Waals surface area contributed by atoms with E-state index in [2.05, 4.69) is 36.4 Å². The normalized spacial score (nSPS) is 11.1. The van der Waals surface area contributed by atoms with Gasteiger partial charge in [0.2, 0.25) is 0 Å². The van der Waals surface area contributed by atoms with Gasteiger partial charge < -0.3 is 5.32 Å². The van der Waals surface area contributed by atoms with Crippen molar-refractivity contribution in [3.63, 3.8) is 0 Å². The van der Waals surface area contributed by atoms with Gasteiger partial charge in [0.25, 0.3) is 5.91 Å². The Labute approximate surface area is 162 Å². The van der Waals surface area contributed by atoms with E-state index in [9.17, 15) is 9.59 Å². The van der Waals surface area contributed by atoms with Crippen LogP contribution in [0.25, 0.3) is 22.3 Å². The van der Waals surface area contributed by atoms with Gasteiger partial charge >= 0.3 is 5.69 Å². The Morgan fingerprint density at radius 1 is 1.19 bits per heavy atom. The number of nitrogens with zero attached hydrogens (tertiary/aromatic N) is 4. The fourth-order valence-electron chi connectivity index (χ4n) is 2.93. The van der Waals surface area contributed by atoms with Gasteiger partial charge in [0.1, 0.15) is 0 Å². The fourth-order valence-corrected chi connectivity index (χ4v) is 3.44. The van der Waals surface area contributed by atoms with E-state index in [-0.39, 0.29) is 11.6 Å². The second-order valence-electron chi connectivity index (χ2n) is 6.08. The zero-order valence-corrected chi connectivity index (χ0v) is 16.1. The van der Waals surface area contributed by atoms with Crippen LogP contribution in [0.4, 0.5) is 5.82 Å². The molecule has 9 heteroatoms. The quantitative estimate of drug-likeness (QED) is 0.526. The molecule has 1 aromatic carbocycles. The molecular formula is C18H15BrN6O2. The van der Waals surface area contributed by atoms with Crippen molar-refractivity contribution in [2.45, 2.75) is 0 Å². The minimum absolute atomic E-state index is 0.150. The predicted octanol–water partition coefficient (Wildman–Crippen LogP) is 2.68. The molecule has 1 amide bonds. The Morgan fingerprint density at radius 3 is 2.63 bits per heavy atom. The van der Waals surface area contributed by atoms with E-state index in [1.54, 1.807) is 44.7 Å². The topological polar surface area (TPSA) is 97.6 Å². The SMILES string of the molecule is Cn1c(=O)n(C)c2cc(C(=O)Nc3cc(-c4cccnc4)[nH]n3)c(Br)cc21. The number of hydrogen-bond donors (Lipinski definition) is 2. The number of pyridine rings is 1. The molecule has 0 fully saturated rings. The van der Waals surface area contributed by atoms with Gasteiger partial charge in [-0.1, -0.05) is 0 Å². The molecule has 4 rings (SSSR count). The van der Waals surface area contributed by atoms with Gasteiger partial charge in [0.15, 0.2) is 5.82 Å². The monoisotopic (exact) mass is 426 g/mol. The lowest BCUT2D eigenvalue weighted by Crippen LogP contribution is -2.19. The Kier molecular flexibility index (Phi) is 4.15. The van der Waals surface area contributed by atoms with Crippen molar-refractivity contribution in [2.75, 3.05) is 5.32 Å². The highest BCUT2D eigenvalue weighted by Gasteiger charge is 2.17. The molecule has 8 nitrogen and oxygen atoms in total. The average Bonchev–Trinajstić information content (AvgIpc) is 3.22. The molecule has 3 heterocycles. The molecule has 0 unspecified atom stereocenters. The summed E-state index contributed by atoms with van der Waals surface area (Å²) in [5.41, 5.74) is 3.29. The van der Waals surface area contributed by atoms with E-state index >= 15 is 0 Å². The lowest BCUT2D eigenvalue weighted by molar-refractivity contribution is 0.102. The first-order valence-electron chi connectivity index (χ1n) is 8.08. The predicted molar refractivity (Wildman–Crippen MR) is 106 cm³/mol. The molecule has 0 aliphatic carbocycles. The number of halogens is 1. The second kappa shape index (κ2) is 6.51. The van der Waals surface area contributed by atoms with E-state index < -0.39 is 0 Å². The maximum atomic E-state index is 12.7. The first-order chi connectivity index (χ1) is 13.0. The van der Waals surface area contributed by atoms with Crippen LogP contribution in [0, 0.1) is 0 Å². The summed E-state index contributed by atoms with van der Waals surface area (Å²) in [5.74, 6) is 0.0668. The summed E-state index contributed by atoms with van der Waals surface area (Å²) >= 11 is 3.42. The van der Waals surface area contributed by atoms with Crippen LogP contribution >= 0.6 is 15.9 Å². The van der Waals surface area contributed by atoms with Gasteiger partial charge in [-0.25, -0.2) is 4.79 Å². The number of aromatic nitrogens is 5. The van der Waals surface area contributed by atoms with Crippen LogP contribution < -0.4 is 11.0 Å². The van der Waals surface area contributed by atoms with Gasteiger partial charge in [-0.3, -0.25) is 24.0 Å². The highest BCUT2D eigenvalue weighted by atomic mass is 79.9. The summed E-state index contributed by atoms with van der Waals surface area (Å²) in [6, 6.07) is 8.90. The highest BCUT2D eigenvalue weighted by Crippen LogP contribution is 2.25. The van der Waals surface area contributed by atoms with E-state index in [0.717, 1.165) is 16.8 Å². The van der Waals surface area contributed by atoms with Gasteiger partial charge in [-0.2, -0.15) is 5.10 Å². The highest BCUT2D eigenvalue weighted by molar-refractivity contribution is 9.10. The lowest BCUT2D eigenvalue weighted by atomic mass is 10.2. The van der Waals surface area contributed by atoms with E-state index in [0.29, 0.717) is 21.4 Å². The first kappa shape index (κ1) is 17.2. The number of anilines is 1. The van der Waals surface area contributed by atoms with Crippen molar-refractivity contribution in [2.24, 2.45) is 14.1 Å². The minimum Gasteiger partial charge on any atom is -0.305 e. The summed E-state index contributed by atoms with van der Waals surface area (Å²) in [5, 5.41) is 9.77. The van der Waals surface area contributed by atoms with E-state index in [4.69, 9.17) is 0 Å². The van der Waals surface area contributed by atoms with Crippen LogP contribution in [0.2, 0.25) is 0 Å². The molecule has 0 saturated heterocycles. The number of benzene rings is 1. The number of rotatable bonds is 3. The number of nitrogens with one attached hydrogen (secondary N) is 2. The van der Waals surface area contributed by atoms with Crippen LogP contribution in [0.5, 0.6) is 0 Å². The van der Waals surface area contributed by atoms with Crippen LogP contribution in [-0.2, 0) is 14.1 Å². The molecule has 3 aromatic heterocycles. The van der Waals surface area contributed by atoms with Gasteiger partial charge in [0.05, 0.1) is 22.3 Å². The number of carbonyl (C=O) groups excluding carboxylic acids is 1. The summed E-state index contributed by atoms with van der Waals surface area (Å²) in [7, 11) is 3.37. The summed E-state index contributed by atoms with van der Waals surface area (Å²) < 4.78 is 3.64. The third-order valence-electron chi connectivity index (χ3n) is 4.40. The van der Waals surface area contributed by atoms with E-state index in [1.807, 2.05) is 12.1 Å². The zero-order valence-electron chi connectivity index (χ0n) is 14.5. The Hall–Kier alpha value is -3.20. The van der Waals surface area contributed by atoms with Crippen LogP contribution in [0.15, 0.2) is 52.0 Å². The largest absolute Gasteiger partial charge is 0.328 e. The summed E-state index contributed by atoms with van der Waals surface area (Å²) in [6.07, 6.45) is 3.40. The van der Waals surface area contributed by atoms with E-state index in [1.165, 1.54) is 9.13 Å². The number of aromatic amines is 1. The number of hydrogen-bond acceptors (Lipinski definition) is 4. The third-order valence-corrected chi connectivity index (χ3v) is 5.05. The molecule has 0 bridgehead atoms. The van der Waals surface area contributed by atoms with Crippen LogP contribution in [0.3, 0.4) is 0 Å². The second-order valence-corrected chi connectivity index (χ2v) is 6.94. The van der Waals surface area contributed by atoms with Crippen LogP contribution in [-0.4, -0.2) is 30.2 Å². The third kappa shape index (κ3) is 2.95. The number of amides is 1. The van der Waals surface area contributed by atoms with Crippen LogP contribution in [0.1, 0.15) is 10.4 Å². The standard InChI is InChI=1S/C18H15BrN6O2/c1-24-14-6-11(12(19)7-15(14)25(2)18(24)27)17(26)21-16-8-13(22-23-16)10-4-3-5-20-9-10/h3-9H,1-2H3,(H2,21,22,23,26). The van der Waals surface area contributed by atoms with Gasteiger partial charge in [-0.05, 0) is 40.2 Å². The van der Waals surface area contributed by atoms with Crippen molar-refractivity contribution >= 4 is 38.7 Å². The molecule has 0 spiro atoms. The molecule has 0 radical (unpaired) electrons. The first-order valence-corrected chi connectivity index (χ1v) is 8.87. The van der Waals surface area contributed by atoms with Crippen molar-refractivity contribution in [1.82, 2.24) is 24.3 Å². The molecule has 0 aliphatic rings. The molecule has 2 N–H and O–H groups in total. The van der Waals surface area contributed by atoms with Crippen molar-refractivity contribution < 1.29 is 4.79 Å². The Bertz CT molecular complexity index is 1220. The Morgan fingerprint density at radius 2 is 1.93 bits per heavy atom. The number of fused-ring (bicyclic) bond motifs is 1. The zero-order chi connectivity index (χ0) is 19.1. The minimum atomic E-state index is -0.329.